The number of ether oxygens (including phenoxy) is 1. The lowest BCUT2D eigenvalue weighted by Gasteiger charge is -2.22. The number of rotatable bonds is 4. The van der Waals surface area contributed by atoms with E-state index in [4.69, 9.17) is 4.74 Å². The summed E-state index contributed by atoms with van der Waals surface area (Å²) in [6.07, 6.45) is 0.998. The molecule has 3 rings (SSSR count). The molecule has 1 amide bonds. The van der Waals surface area contributed by atoms with E-state index in [2.05, 4.69) is 10.3 Å². The van der Waals surface area contributed by atoms with Gasteiger partial charge in [0.2, 0.25) is 0 Å². The molecule has 6 heteroatoms. The van der Waals surface area contributed by atoms with E-state index in [0.29, 0.717) is 5.69 Å². The second-order valence-corrected chi connectivity index (χ2v) is 6.19. The molecule has 0 saturated carbocycles. The Morgan fingerprint density at radius 1 is 1.41 bits per heavy atom. The van der Waals surface area contributed by atoms with Crippen LogP contribution >= 0.6 is 11.3 Å². The SMILES string of the molecule is COc1ccc(-c2nc(C(=O)N(C)C3CCNC3)cs2)cc1. The van der Waals surface area contributed by atoms with Crippen molar-refractivity contribution in [1.29, 1.82) is 0 Å². The highest BCUT2D eigenvalue weighted by Gasteiger charge is 2.25. The molecular weight excluding hydrogens is 298 g/mol. The van der Waals surface area contributed by atoms with Gasteiger partial charge < -0.3 is 15.0 Å². The third kappa shape index (κ3) is 2.98. The molecular formula is C16H19N3O2S. The number of likely N-dealkylation sites (N-methyl/N-ethyl adjacent to an activating group) is 1. The molecule has 0 aliphatic carbocycles. The largest absolute Gasteiger partial charge is 0.497 e. The van der Waals surface area contributed by atoms with Gasteiger partial charge >= 0.3 is 0 Å². The molecule has 0 radical (unpaired) electrons. The fraction of sp³-hybridized carbons (Fsp3) is 0.375. The van der Waals surface area contributed by atoms with Crippen molar-refractivity contribution in [2.75, 3.05) is 27.2 Å². The molecule has 1 unspecified atom stereocenters. The zero-order valence-electron chi connectivity index (χ0n) is 12.7. The van der Waals surface area contributed by atoms with Crippen LogP contribution in [0.15, 0.2) is 29.6 Å². The maximum atomic E-state index is 12.5. The van der Waals surface area contributed by atoms with Gasteiger partial charge in [-0.2, -0.15) is 0 Å². The molecule has 0 spiro atoms. The van der Waals surface area contributed by atoms with Gasteiger partial charge in [-0.15, -0.1) is 11.3 Å². The van der Waals surface area contributed by atoms with Crippen LogP contribution in [0.5, 0.6) is 5.75 Å². The fourth-order valence-corrected chi connectivity index (χ4v) is 3.35. The Labute approximate surface area is 133 Å². The zero-order valence-corrected chi connectivity index (χ0v) is 13.5. The van der Waals surface area contributed by atoms with Gasteiger partial charge in [0.05, 0.1) is 7.11 Å². The summed E-state index contributed by atoms with van der Waals surface area (Å²) in [7, 11) is 3.50. The minimum Gasteiger partial charge on any atom is -0.497 e. The van der Waals surface area contributed by atoms with Crippen molar-refractivity contribution in [1.82, 2.24) is 15.2 Å². The number of nitrogens with zero attached hydrogens (tertiary/aromatic N) is 2. The van der Waals surface area contributed by atoms with Crippen molar-refractivity contribution in [3.8, 4) is 16.3 Å². The van der Waals surface area contributed by atoms with Gasteiger partial charge in [0.15, 0.2) is 0 Å². The van der Waals surface area contributed by atoms with Gasteiger partial charge in [0.25, 0.3) is 5.91 Å². The van der Waals surface area contributed by atoms with Crippen LogP contribution in [0.3, 0.4) is 0 Å². The van der Waals surface area contributed by atoms with Crippen LogP contribution in [0.1, 0.15) is 16.9 Å². The minimum absolute atomic E-state index is 0.00953. The first kappa shape index (κ1) is 15.0. The molecule has 1 saturated heterocycles. The Hall–Kier alpha value is -1.92. The molecule has 1 aromatic carbocycles. The fourth-order valence-electron chi connectivity index (χ4n) is 2.55. The molecule has 1 atom stereocenters. The summed E-state index contributed by atoms with van der Waals surface area (Å²) >= 11 is 1.49. The third-order valence-electron chi connectivity index (χ3n) is 3.96. The van der Waals surface area contributed by atoms with Crippen molar-refractivity contribution in [2.24, 2.45) is 0 Å². The van der Waals surface area contributed by atoms with E-state index in [-0.39, 0.29) is 11.9 Å². The van der Waals surface area contributed by atoms with Gasteiger partial charge in [-0.3, -0.25) is 4.79 Å². The number of amides is 1. The van der Waals surface area contributed by atoms with Gasteiger partial charge in [-0.1, -0.05) is 0 Å². The Bertz CT molecular complexity index is 648. The van der Waals surface area contributed by atoms with E-state index >= 15 is 0 Å². The maximum absolute atomic E-state index is 12.5. The van der Waals surface area contributed by atoms with Gasteiger partial charge in [0, 0.05) is 30.6 Å². The molecule has 5 nitrogen and oxygen atoms in total. The second kappa shape index (κ2) is 6.46. The summed E-state index contributed by atoms with van der Waals surface area (Å²) in [4.78, 5) is 18.8. The van der Waals surface area contributed by atoms with Crippen molar-refractivity contribution in [3.05, 3.63) is 35.3 Å². The van der Waals surface area contributed by atoms with Crippen LogP contribution < -0.4 is 10.1 Å². The number of aromatic nitrogens is 1. The lowest BCUT2D eigenvalue weighted by Crippen LogP contribution is -2.38. The van der Waals surface area contributed by atoms with E-state index in [1.165, 1.54) is 11.3 Å². The average molecular weight is 317 g/mol. The summed E-state index contributed by atoms with van der Waals surface area (Å²) < 4.78 is 5.15. The van der Waals surface area contributed by atoms with Crippen LogP contribution in [0, 0.1) is 0 Å². The lowest BCUT2D eigenvalue weighted by molar-refractivity contribution is 0.0739. The first-order valence-electron chi connectivity index (χ1n) is 7.27. The van der Waals surface area contributed by atoms with E-state index in [1.54, 1.807) is 12.0 Å². The highest BCUT2D eigenvalue weighted by molar-refractivity contribution is 7.13. The zero-order chi connectivity index (χ0) is 15.5. The molecule has 2 heterocycles. The normalized spacial score (nSPS) is 17.5. The molecule has 1 aliphatic rings. The molecule has 116 valence electrons. The molecule has 1 fully saturated rings. The third-order valence-corrected chi connectivity index (χ3v) is 4.85. The monoisotopic (exact) mass is 317 g/mol. The summed E-state index contributed by atoms with van der Waals surface area (Å²) in [5.74, 6) is 0.801. The standard InChI is InChI=1S/C16H19N3O2S/c1-19(12-7-8-17-9-12)16(20)14-10-22-15(18-14)11-3-5-13(21-2)6-4-11/h3-6,10,12,17H,7-9H2,1-2H3. The summed E-state index contributed by atoms with van der Waals surface area (Å²) in [6.45, 7) is 1.83. The maximum Gasteiger partial charge on any atom is 0.273 e. The number of hydrogen-bond acceptors (Lipinski definition) is 5. The smallest absolute Gasteiger partial charge is 0.273 e. The topological polar surface area (TPSA) is 54.5 Å². The Morgan fingerprint density at radius 2 is 2.18 bits per heavy atom. The molecule has 2 aromatic rings. The minimum atomic E-state index is -0.00953. The first-order chi connectivity index (χ1) is 10.7. The predicted molar refractivity (Wildman–Crippen MR) is 87.5 cm³/mol. The summed E-state index contributed by atoms with van der Waals surface area (Å²) in [5, 5.41) is 5.96. The molecule has 1 aliphatic heterocycles. The second-order valence-electron chi connectivity index (χ2n) is 5.33. The van der Waals surface area contributed by atoms with Crippen LogP contribution in [0.4, 0.5) is 0 Å². The molecule has 1 aromatic heterocycles. The summed E-state index contributed by atoms with van der Waals surface area (Å²) in [6, 6.07) is 7.97. The number of hydrogen-bond donors (Lipinski definition) is 1. The first-order valence-corrected chi connectivity index (χ1v) is 8.15. The summed E-state index contributed by atoms with van der Waals surface area (Å²) in [5.41, 5.74) is 1.51. The van der Waals surface area contributed by atoms with Gasteiger partial charge in [-0.05, 0) is 37.2 Å². The number of thiazole rings is 1. The van der Waals surface area contributed by atoms with Crippen LogP contribution in [0.25, 0.3) is 10.6 Å². The van der Waals surface area contributed by atoms with Crippen molar-refractivity contribution in [3.63, 3.8) is 0 Å². The van der Waals surface area contributed by atoms with Crippen LogP contribution in [-0.4, -0.2) is 49.1 Å². The highest BCUT2D eigenvalue weighted by atomic mass is 32.1. The van der Waals surface area contributed by atoms with Crippen molar-refractivity contribution in [2.45, 2.75) is 12.5 Å². The number of carbonyl (C=O) groups is 1. The molecule has 0 bridgehead atoms. The molecule has 22 heavy (non-hydrogen) atoms. The number of carbonyl (C=O) groups excluding carboxylic acids is 1. The van der Waals surface area contributed by atoms with Gasteiger partial charge in [0.1, 0.15) is 16.5 Å². The van der Waals surface area contributed by atoms with E-state index < -0.39 is 0 Å². The highest BCUT2D eigenvalue weighted by Crippen LogP contribution is 2.26. The molecule has 1 N–H and O–H groups in total. The van der Waals surface area contributed by atoms with Crippen LogP contribution in [-0.2, 0) is 0 Å². The predicted octanol–water partition coefficient (Wildman–Crippen LogP) is 2.25. The van der Waals surface area contributed by atoms with Crippen molar-refractivity contribution < 1.29 is 9.53 Å². The Kier molecular flexibility index (Phi) is 4.40. The van der Waals surface area contributed by atoms with E-state index in [9.17, 15) is 4.79 Å². The van der Waals surface area contributed by atoms with Gasteiger partial charge in [-0.25, -0.2) is 4.98 Å². The average Bonchev–Trinajstić information content (AvgIpc) is 3.25. The Balaban J connectivity index is 1.76. The number of benzene rings is 1. The Morgan fingerprint density at radius 3 is 2.82 bits per heavy atom. The number of nitrogens with one attached hydrogen (secondary N) is 1. The van der Waals surface area contributed by atoms with Crippen LogP contribution in [0.2, 0.25) is 0 Å². The lowest BCUT2D eigenvalue weighted by atomic mass is 10.2. The van der Waals surface area contributed by atoms with E-state index in [1.807, 2.05) is 36.7 Å². The van der Waals surface area contributed by atoms with E-state index in [0.717, 1.165) is 35.8 Å². The number of methoxy groups -OCH3 is 1. The van der Waals surface area contributed by atoms with Crippen molar-refractivity contribution >= 4 is 17.2 Å². The quantitative estimate of drug-likeness (QED) is 0.940.